The topological polar surface area (TPSA) is 96.2 Å². The molecule has 1 aliphatic rings. The number of nitrogens with zero attached hydrogens (tertiary/aromatic N) is 1. The normalized spacial score (nSPS) is 25.1. The molecule has 1 aliphatic carbocycles. The van der Waals surface area contributed by atoms with Gasteiger partial charge in [-0.2, -0.15) is 0 Å². The lowest BCUT2D eigenvalue weighted by atomic mass is 9.58. The molecule has 2 N–H and O–H groups in total. The number of rotatable bonds is 6. The Morgan fingerprint density at radius 3 is 2.48 bits per heavy atom. The number of carboxylic acid groups (broad SMARTS) is 1. The number of carboxylic acids is 1. The Hall–Kier alpha value is -2.11. The van der Waals surface area contributed by atoms with Gasteiger partial charge in [0, 0.05) is 6.42 Å². The lowest BCUT2D eigenvalue weighted by Crippen LogP contribution is -2.49. The lowest BCUT2D eigenvalue weighted by Gasteiger charge is -2.44. The fraction of sp³-hybridized carbons (Fsp3) is 0.588. The summed E-state index contributed by atoms with van der Waals surface area (Å²) in [4.78, 5) is 29.3. The monoisotopic (exact) mass is 323 g/mol. The minimum Gasteiger partial charge on any atom is -0.510 e. The maximum Gasteiger partial charge on any atom is 0.317 e. The Morgan fingerprint density at radius 1 is 1.39 bits per heavy atom. The Bertz CT molecular complexity index is 586. The molecule has 0 radical (unpaired) electrons. The van der Waals surface area contributed by atoms with Crippen molar-refractivity contribution in [3.05, 3.63) is 23.7 Å². The van der Waals surface area contributed by atoms with Crippen molar-refractivity contribution >= 4 is 17.5 Å². The maximum absolute atomic E-state index is 12.5. The first-order valence-corrected chi connectivity index (χ1v) is 7.68. The fourth-order valence-corrected chi connectivity index (χ4v) is 2.67. The molecule has 0 fully saturated rings. The van der Waals surface area contributed by atoms with Crippen LogP contribution in [-0.4, -0.2) is 27.7 Å². The smallest absolute Gasteiger partial charge is 0.317 e. The molecule has 0 saturated heterocycles. The summed E-state index contributed by atoms with van der Waals surface area (Å²) in [6.07, 6.45) is 4.07. The van der Waals surface area contributed by atoms with E-state index in [2.05, 4.69) is 5.16 Å². The molecule has 1 rings (SSSR count). The molecule has 0 aromatic heterocycles. The zero-order valence-corrected chi connectivity index (χ0v) is 14.3. The van der Waals surface area contributed by atoms with Crippen LogP contribution in [0.1, 0.15) is 53.9 Å². The molecule has 0 amide bonds. The van der Waals surface area contributed by atoms with Crippen molar-refractivity contribution in [2.24, 2.45) is 16.0 Å². The highest BCUT2D eigenvalue weighted by Gasteiger charge is 2.56. The van der Waals surface area contributed by atoms with Crippen LogP contribution in [0.4, 0.5) is 0 Å². The number of hydrogen-bond acceptors (Lipinski definition) is 5. The molecular weight excluding hydrogens is 298 g/mol. The second kappa shape index (κ2) is 6.98. The number of aliphatic hydroxyl groups excluding tert-OH is 1. The van der Waals surface area contributed by atoms with E-state index >= 15 is 0 Å². The molecule has 0 heterocycles. The van der Waals surface area contributed by atoms with E-state index in [1.165, 1.54) is 13.2 Å². The van der Waals surface area contributed by atoms with Crippen molar-refractivity contribution in [1.29, 1.82) is 0 Å². The maximum atomic E-state index is 12.5. The minimum atomic E-state index is -1.56. The van der Waals surface area contributed by atoms with Crippen molar-refractivity contribution in [2.45, 2.75) is 53.9 Å². The highest BCUT2D eigenvalue weighted by Crippen LogP contribution is 2.51. The number of carbonyl (C=O) groups is 2. The summed E-state index contributed by atoms with van der Waals surface area (Å²) in [6.45, 7) is 8.42. The van der Waals surface area contributed by atoms with Crippen LogP contribution >= 0.6 is 0 Å². The van der Waals surface area contributed by atoms with Gasteiger partial charge >= 0.3 is 5.97 Å². The number of Topliss-reactive ketones (excluding diaryl/α,β-unsaturated/α-hetero) is 1. The van der Waals surface area contributed by atoms with Gasteiger partial charge in [0.05, 0.1) is 11.3 Å². The van der Waals surface area contributed by atoms with E-state index in [0.29, 0.717) is 12.8 Å². The van der Waals surface area contributed by atoms with E-state index < -0.39 is 22.6 Å². The van der Waals surface area contributed by atoms with E-state index in [4.69, 9.17) is 4.84 Å². The quantitative estimate of drug-likeness (QED) is 0.442. The third-order valence-electron chi connectivity index (χ3n) is 4.51. The molecule has 0 saturated carbocycles. The number of oxime groups is 1. The Morgan fingerprint density at radius 2 is 2.00 bits per heavy atom. The van der Waals surface area contributed by atoms with Crippen LogP contribution in [0.2, 0.25) is 0 Å². The van der Waals surface area contributed by atoms with E-state index in [9.17, 15) is 19.8 Å². The third-order valence-corrected chi connectivity index (χ3v) is 4.51. The molecule has 6 heteroatoms. The first kappa shape index (κ1) is 18.9. The summed E-state index contributed by atoms with van der Waals surface area (Å²) in [5, 5.41) is 24.2. The van der Waals surface area contributed by atoms with Gasteiger partial charge in [0.25, 0.3) is 0 Å². The van der Waals surface area contributed by atoms with Gasteiger partial charge in [-0.1, -0.05) is 32.3 Å². The SMILES string of the molecule is CC=CON=C(CCC)C1=C(O)C(C)(C(=O)O)C(C)(C)CC1=O. The molecule has 23 heavy (non-hydrogen) atoms. The van der Waals surface area contributed by atoms with Gasteiger partial charge in [-0.25, -0.2) is 0 Å². The van der Waals surface area contributed by atoms with Crippen LogP contribution < -0.4 is 0 Å². The summed E-state index contributed by atoms with van der Waals surface area (Å²) in [5.74, 6) is -1.93. The number of allylic oxidation sites excluding steroid dienone is 2. The van der Waals surface area contributed by atoms with Crippen molar-refractivity contribution in [3.63, 3.8) is 0 Å². The Labute approximate surface area is 136 Å². The van der Waals surface area contributed by atoms with Gasteiger partial charge in [-0.3, -0.25) is 9.59 Å². The van der Waals surface area contributed by atoms with E-state index in [1.807, 2.05) is 6.92 Å². The standard InChI is InChI=1S/C17H25NO5/c1-6-8-11(18-23-9-7-2)13-12(19)10-16(3,4)17(5,14(13)20)15(21)22/h7,9,20H,6,8,10H2,1-5H3,(H,21,22). The average molecular weight is 323 g/mol. The molecule has 0 spiro atoms. The van der Waals surface area contributed by atoms with Gasteiger partial charge in [0.2, 0.25) is 0 Å². The van der Waals surface area contributed by atoms with Crippen LogP contribution in [0.3, 0.4) is 0 Å². The lowest BCUT2D eigenvalue weighted by molar-refractivity contribution is -0.156. The summed E-state index contributed by atoms with van der Waals surface area (Å²) in [7, 11) is 0. The number of ketones is 1. The van der Waals surface area contributed by atoms with Crippen molar-refractivity contribution in [3.8, 4) is 0 Å². The fourth-order valence-electron chi connectivity index (χ4n) is 2.67. The Kier molecular flexibility index (Phi) is 5.75. The van der Waals surface area contributed by atoms with Crippen molar-refractivity contribution in [2.75, 3.05) is 0 Å². The molecule has 6 nitrogen and oxygen atoms in total. The van der Waals surface area contributed by atoms with E-state index in [-0.39, 0.29) is 23.5 Å². The van der Waals surface area contributed by atoms with Crippen LogP contribution in [0, 0.1) is 10.8 Å². The zero-order valence-electron chi connectivity index (χ0n) is 14.3. The predicted octanol–water partition coefficient (Wildman–Crippen LogP) is 3.59. The van der Waals surface area contributed by atoms with Crippen molar-refractivity contribution in [1.82, 2.24) is 0 Å². The van der Waals surface area contributed by atoms with Crippen LogP contribution in [0.5, 0.6) is 0 Å². The van der Waals surface area contributed by atoms with Gasteiger partial charge in [0.1, 0.15) is 17.4 Å². The summed E-state index contributed by atoms with van der Waals surface area (Å²) in [5.41, 5.74) is -2.23. The summed E-state index contributed by atoms with van der Waals surface area (Å²) < 4.78 is 0. The number of aliphatic carboxylic acids is 1. The van der Waals surface area contributed by atoms with E-state index in [1.54, 1.807) is 26.8 Å². The molecule has 128 valence electrons. The number of carbonyl (C=O) groups excluding carboxylic acids is 1. The number of hydrogen-bond donors (Lipinski definition) is 2. The molecule has 0 bridgehead atoms. The summed E-state index contributed by atoms with van der Waals surface area (Å²) in [6, 6.07) is 0. The van der Waals surface area contributed by atoms with Gasteiger partial charge in [0.15, 0.2) is 5.78 Å². The second-order valence-corrected chi connectivity index (χ2v) is 6.50. The highest BCUT2D eigenvalue weighted by atomic mass is 16.6. The average Bonchev–Trinajstić information content (AvgIpc) is 2.44. The molecule has 0 aromatic rings. The summed E-state index contributed by atoms with van der Waals surface area (Å²) >= 11 is 0. The van der Waals surface area contributed by atoms with E-state index in [0.717, 1.165) is 0 Å². The Balaban J connectivity index is 3.53. The second-order valence-electron chi connectivity index (χ2n) is 6.50. The predicted molar refractivity (Wildman–Crippen MR) is 87.0 cm³/mol. The van der Waals surface area contributed by atoms with Crippen LogP contribution in [-0.2, 0) is 14.4 Å². The highest BCUT2D eigenvalue weighted by molar-refractivity contribution is 6.24. The van der Waals surface area contributed by atoms with Crippen LogP contribution in [0.15, 0.2) is 28.8 Å². The van der Waals surface area contributed by atoms with Crippen molar-refractivity contribution < 1.29 is 24.6 Å². The first-order valence-electron chi connectivity index (χ1n) is 7.68. The van der Waals surface area contributed by atoms with Crippen LogP contribution in [0.25, 0.3) is 0 Å². The number of aliphatic hydroxyl groups is 1. The molecule has 1 atom stereocenters. The van der Waals surface area contributed by atoms with Gasteiger partial charge in [-0.15, -0.1) is 0 Å². The van der Waals surface area contributed by atoms with Gasteiger partial charge < -0.3 is 15.1 Å². The molecule has 0 aliphatic heterocycles. The molecule has 0 aromatic carbocycles. The zero-order chi connectivity index (χ0) is 17.8. The first-order chi connectivity index (χ1) is 10.6. The third kappa shape index (κ3) is 3.30. The molecule has 1 unspecified atom stereocenters. The minimum absolute atomic E-state index is 0.0154. The molecular formula is C17H25NO5. The largest absolute Gasteiger partial charge is 0.510 e. The van der Waals surface area contributed by atoms with Gasteiger partial charge in [-0.05, 0) is 31.8 Å².